The highest BCUT2D eigenvalue weighted by molar-refractivity contribution is 5.98. The number of ether oxygens (including phenoxy) is 2. The number of hydrogen-bond acceptors (Lipinski definition) is 16. The van der Waals surface area contributed by atoms with Crippen LogP contribution in [-0.2, 0) is 47.8 Å². The molecule has 22 nitrogen and oxygen atoms in total. The van der Waals surface area contributed by atoms with Crippen LogP contribution in [0.15, 0.2) is 23.3 Å². The molecule has 0 bridgehead atoms. The van der Waals surface area contributed by atoms with Crippen LogP contribution >= 0.6 is 0 Å². The fraction of sp³-hybridized carbons (Fsp3) is 0.745. The molecule has 4 fully saturated rings. The van der Waals surface area contributed by atoms with Crippen molar-refractivity contribution >= 4 is 47.2 Å². The topological polar surface area (TPSA) is 297 Å². The Morgan fingerprint density at radius 3 is 2.03 bits per heavy atom. The number of allylic oxidation sites excluding steroid dienone is 3. The molecule has 4 aliphatic heterocycles. The number of amides is 6. The van der Waals surface area contributed by atoms with Crippen LogP contribution in [0.3, 0.4) is 0 Å². The van der Waals surface area contributed by atoms with E-state index in [-0.39, 0.29) is 62.0 Å². The Kier molecular flexibility index (Phi) is 19.2. The maximum atomic E-state index is 15.2. The number of rotatable bonds is 10. The van der Waals surface area contributed by atoms with Crippen LogP contribution in [-0.4, -0.2) is 174 Å². The van der Waals surface area contributed by atoms with Crippen molar-refractivity contribution in [3.8, 4) is 0 Å². The average molecular weight is 977 g/mol. The predicted octanol–water partition coefficient (Wildman–Crippen LogP) is 0.125. The van der Waals surface area contributed by atoms with Crippen LogP contribution < -0.4 is 21.5 Å². The third-order valence-corrected chi connectivity index (χ3v) is 14.1. The maximum Gasteiger partial charge on any atom is 0.331 e. The fourth-order valence-electron chi connectivity index (χ4n) is 9.32. The number of hydrazine groups is 2. The van der Waals surface area contributed by atoms with E-state index < -0.39 is 126 Å². The van der Waals surface area contributed by atoms with Gasteiger partial charge in [0.05, 0.1) is 12.2 Å². The second-order valence-corrected chi connectivity index (χ2v) is 19.4. The van der Waals surface area contributed by atoms with Crippen LogP contribution in [0.2, 0.25) is 0 Å². The van der Waals surface area contributed by atoms with E-state index in [1.165, 1.54) is 48.6 Å². The van der Waals surface area contributed by atoms with Gasteiger partial charge in [-0.3, -0.25) is 48.8 Å². The molecule has 0 aromatic rings. The standard InChI is InChI=1S/C47H76N8O14/c1-13-25(5)36(57)27(7)23-28(8)38-26(6)19-20-47(66,69-38)46(65,14-2)45(64)51-35-37(24(3)4)68-44(63)34(31(11)56)50-39(58)32-17-15-21-48-53(32)41(60)29(9)52(12)40(59)30(10)55(67)42(61)33-18-16-22-49-54(33)43(35)62/h13,23-24,26-27,29-35,37-38,48-49,56,65-67H,14-22H2,1-12H3,(H,50,58)(H,51,64)/b25-13+,28-23+/t26-,27?,29?,30?,31?,32?,33?,34?,35?,37?,38?,46?,47?/m0/s1. The van der Waals surface area contributed by atoms with Crippen LogP contribution in [0.5, 0.6) is 0 Å². The van der Waals surface area contributed by atoms with Gasteiger partial charge < -0.3 is 40.3 Å². The summed E-state index contributed by atoms with van der Waals surface area (Å²) in [6.45, 7) is 17.4. The summed E-state index contributed by atoms with van der Waals surface area (Å²) in [5.74, 6) is -11.7. The minimum Gasteiger partial charge on any atom is -0.458 e. The van der Waals surface area contributed by atoms with Gasteiger partial charge in [0, 0.05) is 32.5 Å². The molecule has 0 radical (unpaired) electrons. The Morgan fingerprint density at radius 2 is 1.48 bits per heavy atom. The predicted molar refractivity (Wildman–Crippen MR) is 247 cm³/mol. The first-order valence-corrected chi connectivity index (χ1v) is 24.1. The SMILES string of the molecule is C/C=C(\C)C(=O)C(C)/C=C(\C)C1OC(O)(C(O)(CC)C(=O)NC2C(=O)N3NCCCC3C(=O)N(O)C(C)C(=O)N(C)C(C)C(=O)N3NCCCC3C(=O)NC(C(C)O)C(=O)OC2C(C)C)CC[C@@H]1C. The number of ketones is 1. The van der Waals surface area contributed by atoms with Gasteiger partial charge in [0.1, 0.15) is 36.3 Å². The van der Waals surface area contributed by atoms with Crippen molar-refractivity contribution in [2.75, 3.05) is 20.1 Å². The highest BCUT2D eigenvalue weighted by atomic mass is 16.7. The number of aliphatic hydroxyl groups excluding tert-OH is 1. The highest BCUT2D eigenvalue weighted by Gasteiger charge is 2.59. The Morgan fingerprint density at radius 1 is 0.899 bits per heavy atom. The van der Waals surface area contributed by atoms with Gasteiger partial charge in [-0.25, -0.2) is 20.7 Å². The third kappa shape index (κ3) is 12.0. The van der Waals surface area contributed by atoms with E-state index in [4.69, 9.17) is 9.47 Å². The molecule has 4 heterocycles. The fourth-order valence-corrected chi connectivity index (χ4v) is 9.32. The van der Waals surface area contributed by atoms with Crippen molar-refractivity contribution < 1.29 is 68.4 Å². The van der Waals surface area contributed by atoms with Crippen molar-refractivity contribution in [3.05, 3.63) is 23.3 Å². The van der Waals surface area contributed by atoms with Gasteiger partial charge in [-0.05, 0) is 103 Å². The Bertz CT molecular complexity index is 2010. The summed E-state index contributed by atoms with van der Waals surface area (Å²) < 4.78 is 12.3. The van der Waals surface area contributed by atoms with Crippen LogP contribution in [0.4, 0.5) is 0 Å². The normalized spacial score (nSPS) is 33.0. The second-order valence-electron chi connectivity index (χ2n) is 19.4. The molecule has 4 aliphatic rings. The number of aliphatic hydroxyl groups is 3. The Hall–Kier alpha value is -4.84. The number of nitrogens with one attached hydrogen (secondary N) is 4. The van der Waals surface area contributed by atoms with Crippen LogP contribution in [0.1, 0.15) is 121 Å². The largest absolute Gasteiger partial charge is 0.458 e. The lowest BCUT2D eigenvalue weighted by Gasteiger charge is -2.49. The summed E-state index contributed by atoms with van der Waals surface area (Å²) in [4.78, 5) is 114. The van der Waals surface area contributed by atoms with Gasteiger partial charge >= 0.3 is 5.97 Å². The molecular weight excluding hydrogens is 901 g/mol. The molecule has 6 amide bonds. The Balaban J connectivity index is 1.85. The molecule has 12 unspecified atom stereocenters. The van der Waals surface area contributed by atoms with E-state index in [2.05, 4.69) is 21.5 Å². The van der Waals surface area contributed by atoms with Crippen molar-refractivity contribution in [3.63, 3.8) is 0 Å². The lowest BCUT2D eigenvalue weighted by Crippen LogP contribution is -2.71. The molecule has 0 spiro atoms. The maximum absolute atomic E-state index is 15.2. The van der Waals surface area contributed by atoms with Gasteiger partial charge in [0.2, 0.25) is 17.6 Å². The quantitative estimate of drug-likeness (QED) is 0.0625. The van der Waals surface area contributed by atoms with Gasteiger partial charge in [-0.2, -0.15) is 0 Å². The monoisotopic (exact) mass is 977 g/mol. The van der Waals surface area contributed by atoms with E-state index in [0.29, 0.717) is 17.6 Å². The van der Waals surface area contributed by atoms with E-state index in [1.807, 2.05) is 6.92 Å². The summed E-state index contributed by atoms with van der Waals surface area (Å²) in [5.41, 5.74) is 4.01. The smallest absolute Gasteiger partial charge is 0.331 e. The number of hydrogen-bond donors (Lipinski definition) is 8. The molecule has 0 aromatic carbocycles. The number of fused-ring (bicyclic) bond motifs is 2. The first kappa shape index (κ1) is 56.7. The first-order chi connectivity index (χ1) is 32.2. The zero-order chi connectivity index (χ0) is 52.0. The van der Waals surface area contributed by atoms with E-state index in [0.717, 1.165) is 14.9 Å². The lowest BCUT2D eigenvalue weighted by atomic mass is 9.78. The number of cyclic esters (lactones) is 1. The third-order valence-electron chi connectivity index (χ3n) is 14.1. The summed E-state index contributed by atoms with van der Waals surface area (Å²) in [5, 5.41) is 54.1. The van der Waals surface area contributed by atoms with Gasteiger partial charge in [0.15, 0.2) is 17.4 Å². The van der Waals surface area contributed by atoms with Crippen LogP contribution in [0.25, 0.3) is 0 Å². The molecule has 8 N–H and O–H groups in total. The van der Waals surface area contributed by atoms with Crippen LogP contribution in [0, 0.1) is 17.8 Å². The first-order valence-electron chi connectivity index (χ1n) is 24.1. The second kappa shape index (κ2) is 23.4. The van der Waals surface area contributed by atoms with E-state index in [9.17, 15) is 54.1 Å². The zero-order valence-corrected chi connectivity index (χ0v) is 42.1. The molecule has 69 heavy (non-hydrogen) atoms. The Labute approximate surface area is 404 Å². The summed E-state index contributed by atoms with van der Waals surface area (Å²) in [6.07, 6.45) is -0.537. The molecule has 0 aliphatic carbocycles. The number of esters is 1. The van der Waals surface area contributed by atoms with Crippen molar-refractivity contribution in [2.24, 2.45) is 17.8 Å². The molecule has 4 rings (SSSR count). The number of nitrogens with zero attached hydrogens (tertiary/aromatic N) is 4. The molecule has 4 saturated heterocycles. The van der Waals surface area contributed by atoms with E-state index in [1.54, 1.807) is 39.8 Å². The number of hydroxylamine groups is 2. The molecule has 0 aromatic heterocycles. The molecule has 22 heteroatoms. The lowest BCUT2D eigenvalue weighted by molar-refractivity contribution is -0.325. The highest BCUT2D eigenvalue weighted by Crippen LogP contribution is 2.42. The molecular formula is C47H76N8O14. The van der Waals surface area contributed by atoms with Gasteiger partial charge in [-0.1, -0.05) is 46.8 Å². The number of carbonyl (C=O) groups is 8. The van der Waals surface area contributed by atoms with Crippen molar-refractivity contribution in [2.45, 2.75) is 187 Å². The van der Waals surface area contributed by atoms with Gasteiger partial charge in [0.25, 0.3) is 23.6 Å². The number of Topliss-reactive ketones (excluding diaryl/α,β-unsaturated/α-hetero) is 1. The van der Waals surface area contributed by atoms with Crippen molar-refractivity contribution in [1.29, 1.82) is 0 Å². The molecule has 0 saturated carbocycles. The average Bonchev–Trinajstić information content (AvgIpc) is 3.33. The number of carbonyl (C=O) groups excluding carboxylic acids is 8. The number of likely N-dealkylation sites (N-methyl/N-ethyl adjacent to an activating group) is 1. The van der Waals surface area contributed by atoms with Crippen molar-refractivity contribution in [1.82, 2.24) is 41.5 Å². The van der Waals surface area contributed by atoms with Gasteiger partial charge in [-0.15, -0.1) is 0 Å². The zero-order valence-electron chi connectivity index (χ0n) is 42.1. The summed E-state index contributed by atoms with van der Waals surface area (Å²) in [6, 6.07) is -9.46. The minimum absolute atomic E-state index is 0.0668. The minimum atomic E-state index is -2.80. The molecule has 388 valence electrons. The summed E-state index contributed by atoms with van der Waals surface area (Å²) >= 11 is 0. The summed E-state index contributed by atoms with van der Waals surface area (Å²) in [7, 11) is 1.28. The van der Waals surface area contributed by atoms with E-state index >= 15 is 4.79 Å². The molecule has 13 atom stereocenters.